The number of rotatable bonds is 1. The molecule has 4 aliphatic rings. The van der Waals surface area contributed by atoms with Crippen LogP contribution in [0.5, 0.6) is 11.5 Å². The molecule has 2 fully saturated rings. The summed E-state index contributed by atoms with van der Waals surface area (Å²) in [4.78, 5) is 15.1. The summed E-state index contributed by atoms with van der Waals surface area (Å²) in [6, 6.07) is 3.66. The molecule has 1 aromatic carbocycles. The highest BCUT2D eigenvalue weighted by Gasteiger charge is 2.77. The van der Waals surface area contributed by atoms with Crippen molar-refractivity contribution < 1.29 is 19.4 Å². The highest BCUT2D eigenvalue weighted by Crippen LogP contribution is 2.65. The van der Waals surface area contributed by atoms with Crippen LogP contribution in [-0.2, 0) is 16.6 Å². The first-order valence-electron chi connectivity index (χ1n) is 8.49. The fourth-order valence-corrected chi connectivity index (χ4v) is 6.43. The Morgan fingerprint density at radius 1 is 1.40 bits per heavy atom. The van der Waals surface area contributed by atoms with E-state index in [2.05, 4.69) is 4.90 Å². The number of methoxy groups -OCH3 is 1. The maximum atomic E-state index is 13.0. The second kappa shape index (κ2) is 4.83. The van der Waals surface area contributed by atoms with E-state index in [0.29, 0.717) is 24.3 Å². The first-order valence-corrected chi connectivity index (χ1v) is 9.36. The van der Waals surface area contributed by atoms with Crippen LogP contribution < -0.4 is 9.47 Å². The van der Waals surface area contributed by atoms with Gasteiger partial charge in [-0.2, -0.15) is 0 Å². The number of likely N-dealkylation sites (N-methyl/N-ethyl adjacent to an activating group) is 1. The predicted octanol–water partition coefficient (Wildman–Crippen LogP) is 1.48. The van der Waals surface area contributed by atoms with Crippen molar-refractivity contribution in [2.45, 2.75) is 46.8 Å². The summed E-state index contributed by atoms with van der Waals surface area (Å²) in [7, 11) is 3.56. The summed E-state index contributed by atoms with van der Waals surface area (Å²) in [6.45, 7) is 0.757. The molecule has 134 valence electrons. The van der Waals surface area contributed by atoms with E-state index >= 15 is 0 Å². The van der Waals surface area contributed by atoms with Gasteiger partial charge in [0.2, 0.25) is 0 Å². The molecule has 6 atom stereocenters. The zero-order valence-electron chi connectivity index (χ0n) is 14.0. The smallest absolute Gasteiger partial charge is 0.193 e. The van der Waals surface area contributed by atoms with Crippen molar-refractivity contribution in [3.05, 3.63) is 23.3 Å². The number of Topliss-reactive ketones (excluding diaryl/α,β-unsaturated/α-hetero) is 1. The number of alkyl halides is 2. The highest BCUT2D eigenvalue weighted by molar-refractivity contribution is 6.39. The lowest BCUT2D eigenvalue weighted by Crippen LogP contribution is -2.81. The van der Waals surface area contributed by atoms with Crippen LogP contribution in [-0.4, -0.2) is 65.0 Å². The largest absolute Gasteiger partial charge is 0.493 e. The summed E-state index contributed by atoms with van der Waals surface area (Å²) < 4.78 is 11.6. The predicted molar refractivity (Wildman–Crippen MR) is 93.1 cm³/mol. The van der Waals surface area contributed by atoms with Crippen LogP contribution in [0.1, 0.15) is 17.5 Å². The second-order valence-corrected chi connectivity index (χ2v) is 8.52. The molecule has 1 saturated carbocycles. The van der Waals surface area contributed by atoms with Gasteiger partial charge >= 0.3 is 0 Å². The number of hydrogen-bond donors (Lipinski definition) is 1. The number of ketones is 1. The van der Waals surface area contributed by atoms with E-state index in [1.165, 1.54) is 0 Å². The molecule has 2 aliphatic heterocycles. The molecule has 7 heteroatoms. The third-order valence-electron chi connectivity index (χ3n) is 6.79. The van der Waals surface area contributed by atoms with Gasteiger partial charge in [-0.1, -0.05) is 6.07 Å². The van der Waals surface area contributed by atoms with E-state index in [-0.39, 0.29) is 11.8 Å². The second-order valence-electron chi connectivity index (χ2n) is 7.58. The van der Waals surface area contributed by atoms with Gasteiger partial charge < -0.3 is 19.5 Å². The summed E-state index contributed by atoms with van der Waals surface area (Å²) in [5.41, 5.74) is -0.219. The van der Waals surface area contributed by atoms with Crippen LogP contribution in [0.25, 0.3) is 0 Å². The average Bonchev–Trinajstić information content (AvgIpc) is 2.95. The molecule has 2 unspecified atom stereocenters. The quantitative estimate of drug-likeness (QED) is 0.744. The van der Waals surface area contributed by atoms with Gasteiger partial charge in [-0.3, -0.25) is 4.79 Å². The SMILES string of the molecule is COc1ccc2c3c1O[C@H]1C(=O)C(Cl)C(Cl)[C@@]4(O)[C@@H](C2)N(C)CC[C@]314. The van der Waals surface area contributed by atoms with Gasteiger partial charge in [-0.25, -0.2) is 0 Å². The first kappa shape index (κ1) is 16.2. The molecule has 1 N–H and O–H groups in total. The number of ether oxygens (including phenoxy) is 2. The Morgan fingerprint density at radius 3 is 2.88 bits per heavy atom. The van der Waals surface area contributed by atoms with Gasteiger partial charge in [0, 0.05) is 11.6 Å². The fourth-order valence-electron chi connectivity index (χ4n) is 5.66. The van der Waals surface area contributed by atoms with E-state index in [1.807, 2.05) is 19.2 Å². The number of carbonyl (C=O) groups excluding carboxylic acids is 1. The molecular formula is C18H19Cl2NO4. The molecule has 2 bridgehead atoms. The lowest BCUT2D eigenvalue weighted by molar-refractivity contribution is -0.182. The number of aliphatic hydroxyl groups is 1. The van der Waals surface area contributed by atoms with Crippen LogP contribution >= 0.6 is 23.2 Å². The van der Waals surface area contributed by atoms with Gasteiger partial charge in [0.1, 0.15) is 11.0 Å². The third-order valence-corrected chi connectivity index (χ3v) is 7.97. The van der Waals surface area contributed by atoms with Gasteiger partial charge in [0.25, 0.3) is 0 Å². The minimum absolute atomic E-state index is 0.212. The maximum Gasteiger partial charge on any atom is 0.193 e. The van der Waals surface area contributed by atoms with Crippen molar-refractivity contribution in [2.75, 3.05) is 20.7 Å². The Bertz CT molecular complexity index is 802. The lowest BCUT2D eigenvalue weighted by Gasteiger charge is -2.64. The molecule has 0 radical (unpaired) electrons. The number of hydrogen-bond acceptors (Lipinski definition) is 5. The standard InChI is InChI=1S/C18H19Cl2NO4/c1-21-6-5-17-11-8-3-4-9(24-2)14(11)25-16(17)13(22)12(19)15(20)18(17,23)10(21)7-8/h3-4,10,12,15-16,23H,5-7H2,1-2H3/t10-,12?,15?,16+,17+,18+/m1/s1. The van der Waals surface area contributed by atoms with Crippen LogP contribution in [0.4, 0.5) is 0 Å². The number of piperidine rings is 1. The van der Waals surface area contributed by atoms with Crippen molar-refractivity contribution >= 4 is 29.0 Å². The normalized spacial score (nSPS) is 44.3. The van der Waals surface area contributed by atoms with Crippen molar-refractivity contribution in [2.24, 2.45) is 0 Å². The van der Waals surface area contributed by atoms with E-state index in [4.69, 9.17) is 32.7 Å². The van der Waals surface area contributed by atoms with Crippen LogP contribution in [0.2, 0.25) is 0 Å². The molecule has 5 rings (SSSR count). The fraction of sp³-hybridized carbons (Fsp3) is 0.611. The Labute approximate surface area is 155 Å². The topological polar surface area (TPSA) is 59.0 Å². The Morgan fingerprint density at radius 2 is 2.16 bits per heavy atom. The molecule has 1 aromatic rings. The Kier molecular flexibility index (Phi) is 3.13. The molecule has 0 aromatic heterocycles. The van der Waals surface area contributed by atoms with Gasteiger partial charge in [0.15, 0.2) is 23.4 Å². The molecular weight excluding hydrogens is 365 g/mol. The molecule has 0 amide bonds. The molecule has 2 aliphatic carbocycles. The van der Waals surface area contributed by atoms with Crippen LogP contribution in [0.3, 0.4) is 0 Å². The Balaban J connectivity index is 1.88. The van der Waals surface area contributed by atoms with Gasteiger partial charge in [0.05, 0.1) is 17.9 Å². The number of carbonyl (C=O) groups is 1. The zero-order valence-corrected chi connectivity index (χ0v) is 15.5. The summed E-state index contributed by atoms with van der Waals surface area (Å²) in [5, 5.41) is 10.1. The monoisotopic (exact) mass is 383 g/mol. The zero-order chi connectivity index (χ0) is 17.7. The third kappa shape index (κ3) is 1.54. The summed E-state index contributed by atoms with van der Waals surface area (Å²) >= 11 is 13.0. The van der Waals surface area contributed by atoms with Crippen molar-refractivity contribution in [1.29, 1.82) is 0 Å². The highest BCUT2D eigenvalue weighted by atomic mass is 35.5. The maximum absolute atomic E-state index is 13.0. The number of halogens is 2. The van der Waals surface area contributed by atoms with Crippen molar-refractivity contribution in [1.82, 2.24) is 4.90 Å². The van der Waals surface area contributed by atoms with Gasteiger partial charge in [-0.15, -0.1) is 23.2 Å². The van der Waals surface area contributed by atoms with Crippen molar-refractivity contribution in [3.63, 3.8) is 0 Å². The Hall–Kier alpha value is -1.01. The van der Waals surface area contributed by atoms with E-state index in [0.717, 1.165) is 17.7 Å². The first-order chi connectivity index (χ1) is 11.9. The number of benzene rings is 1. The molecule has 25 heavy (non-hydrogen) atoms. The van der Waals surface area contributed by atoms with Crippen LogP contribution in [0.15, 0.2) is 12.1 Å². The van der Waals surface area contributed by atoms with E-state index in [9.17, 15) is 9.90 Å². The van der Waals surface area contributed by atoms with Crippen molar-refractivity contribution in [3.8, 4) is 11.5 Å². The minimum atomic E-state index is -1.34. The molecule has 1 saturated heterocycles. The molecule has 5 nitrogen and oxygen atoms in total. The van der Waals surface area contributed by atoms with E-state index < -0.39 is 27.9 Å². The lowest BCUT2D eigenvalue weighted by atomic mass is 9.48. The van der Waals surface area contributed by atoms with Crippen LogP contribution in [0, 0.1) is 0 Å². The number of likely N-dealkylation sites (tertiary alicyclic amines) is 1. The summed E-state index contributed by atoms with van der Waals surface area (Å²) in [6.07, 6.45) is 0.405. The average molecular weight is 384 g/mol. The molecule has 2 heterocycles. The molecule has 1 spiro atoms. The number of nitrogens with zero attached hydrogens (tertiary/aromatic N) is 1. The van der Waals surface area contributed by atoms with Gasteiger partial charge in [-0.05, 0) is 38.1 Å². The minimum Gasteiger partial charge on any atom is -0.493 e. The van der Waals surface area contributed by atoms with E-state index in [1.54, 1.807) is 7.11 Å². The summed E-state index contributed by atoms with van der Waals surface area (Å²) in [5.74, 6) is 0.891.